The maximum Gasteiger partial charge on any atom is 0.251 e. The minimum absolute atomic E-state index is 0.0434. The normalized spacial score (nSPS) is 14.3. The average Bonchev–Trinajstić information content (AvgIpc) is 3.20. The van der Waals surface area contributed by atoms with Gasteiger partial charge in [-0.2, -0.15) is 0 Å². The third-order valence-electron chi connectivity index (χ3n) is 3.04. The van der Waals surface area contributed by atoms with Crippen molar-refractivity contribution in [3.8, 4) is 0 Å². The second-order valence-corrected chi connectivity index (χ2v) is 4.78. The quantitative estimate of drug-likeness (QED) is 0.526. The molecule has 5 heteroatoms. The fourth-order valence-electron chi connectivity index (χ4n) is 1.84. The summed E-state index contributed by atoms with van der Waals surface area (Å²) < 4.78 is 0. The van der Waals surface area contributed by atoms with Gasteiger partial charge in [-0.3, -0.25) is 4.79 Å². The van der Waals surface area contributed by atoms with Crippen molar-refractivity contribution in [1.29, 1.82) is 0 Å². The number of carbonyl (C=O) groups is 1. The predicted octanol–water partition coefficient (Wildman–Crippen LogP) is 1.46. The van der Waals surface area contributed by atoms with Crippen LogP contribution in [0.3, 0.4) is 0 Å². The zero-order chi connectivity index (χ0) is 13.0. The van der Waals surface area contributed by atoms with Gasteiger partial charge in [-0.25, -0.2) is 10.8 Å². The predicted molar refractivity (Wildman–Crippen MR) is 71.1 cm³/mol. The van der Waals surface area contributed by atoms with Gasteiger partial charge in [0.05, 0.1) is 0 Å². The molecule has 0 aliphatic heterocycles. The maximum absolute atomic E-state index is 12.0. The number of pyridine rings is 1. The first-order chi connectivity index (χ1) is 8.72. The molecular weight excluding hydrogens is 228 g/mol. The van der Waals surface area contributed by atoms with Gasteiger partial charge in [0.15, 0.2) is 0 Å². The molecule has 1 fully saturated rings. The molecule has 0 atom stereocenters. The molecule has 1 aliphatic carbocycles. The molecule has 0 saturated heterocycles. The molecule has 98 valence electrons. The second kappa shape index (κ2) is 5.82. The molecule has 4 N–H and O–H groups in total. The van der Waals surface area contributed by atoms with Crippen LogP contribution in [0.15, 0.2) is 12.1 Å². The molecule has 0 spiro atoms. The Hall–Kier alpha value is -1.62. The molecule has 18 heavy (non-hydrogen) atoms. The van der Waals surface area contributed by atoms with Gasteiger partial charge in [0, 0.05) is 17.8 Å². The summed E-state index contributed by atoms with van der Waals surface area (Å²) in [5, 5.41) is 2.95. The molecule has 0 unspecified atom stereocenters. The number of rotatable bonds is 6. The SMILES string of the molecule is CCCc1cc(C(=O)NCC2CC2)cc(NN)n1. The Kier molecular flexibility index (Phi) is 4.15. The lowest BCUT2D eigenvalue weighted by molar-refractivity contribution is 0.0951. The van der Waals surface area contributed by atoms with Crippen molar-refractivity contribution in [3.05, 3.63) is 23.4 Å². The van der Waals surface area contributed by atoms with Crippen LogP contribution in [0.2, 0.25) is 0 Å². The number of anilines is 1. The summed E-state index contributed by atoms with van der Waals surface area (Å²) in [6.45, 7) is 2.85. The zero-order valence-corrected chi connectivity index (χ0v) is 10.7. The molecule has 2 rings (SSSR count). The van der Waals surface area contributed by atoms with E-state index in [2.05, 4.69) is 22.7 Å². The Morgan fingerprint density at radius 1 is 1.50 bits per heavy atom. The lowest BCUT2D eigenvalue weighted by atomic mass is 10.1. The fourth-order valence-corrected chi connectivity index (χ4v) is 1.84. The van der Waals surface area contributed by atoms with Crippen molar-refractivity contribution in [1.82, 2.24) is 10.3 Å². The van der Waals surface area contributed by atoms with Crippen molar-refractivity contribution >= 4 is 11.7 Å². The van der Waals surface area contributed by atoms with E-state index in [1.165, 1.54) is 12.8 Å². The highest BCUT2D eigenvalue weighted by atomic mass is 16.1. The number of nitrogens with one attached hydrogen (secondary N) is 2. The topological polar surface area (TPSA) is 80.0 Å². The van der Waals surface area contributed by atoms with Gasteiger partial charge in [0.1, 0.15) is 5.82 Å². The Balaban J connectivity index is 2.08. The molecule has 1 saturated carbocycles. The van der Waals surface area contributed by atoms with Crippen molar-refractivity contribution in [2.45, 2.75) is 32.6 Å². The van der Waals surface area contributed by atoms with E-state index in [4.69, 9.17) is 5.84 Å². The molecule has 0 radical (unpaired) electrons. The largest absolute Gasteiger partial charge is 0.352 e. The lowest BCUT2D eigenvalue weighted by Gasteiger charge is -2.08. The van der Waals surface area contributed by atoms with Crippen LogP contribution in [-0.4, -0.2) is 17.4 Å². The smallest absolute Gasteiger partial charge is 0.251 e. The van der Waals surface area contributed by atoms with Gasteiger partial charge in [0.25, 0.3) is 5.91 Å². The van der Waals surface area contributed by atoms with E-state index in [0.29, 0.717) is 17.3 Å². The van der Waals surface area contributed by atoms with E-state index in [0.717, 1.165) is 25.1 Å². The van der Waals surface area contributed by atoms with E-state index in [9.17, 15) is 4.79 Å². The van der Waals surface area contributed by atoms with Crippen LogP contribution < -0.4 is 16.6 Å². The lowest BCUT2D eigenvalue weighted by Crippen LogP contribution is -2.26. The Labute approximate surface area is 107 Å². The number of hydrazine groups is 1. The monoisotopic (exact) mass is 248 g/mol. The summed E-state index contributed by atoms with van der Waals surface area (Å²) in [7, 11) is 0. The first kappa shape index (κ1) is 12.8. The molecule has 1 aromatic rings. The summed E-state index contributed by atoms with van der Waals surface area (Å²) in [5.74, 6) is 6.55. The zero-order valence-electron chi connectivity index (χ0n) is 10.7. The van der Waals surface area contributed by atoms with E-state index in [1.54, 1.807) is 6.07 Å². The minimum atomic E-state index is -0.0434. The van der Waals surface area contributed by atoms with Crippen molar-refractivity contribution in [2.24, 2.45) is 11.8 Å². The fraction of sp³-hybridized carbons (Fsp3) is 0.538. The summed E-state index contributed by atoms with van der Waals surface area (Å²) >= 11 is 0. The van der Waals surface area contributed by atoms with E-state index < -0.39 is 0 Å². The summed E-state index contributed by atoms with van der Waals surface area (Å²) in [4.78, 5) is 16.3. The van der Waals surface area contributed by atoms with Crippen LogP contribution in [0.1, 0.15) is 42.2 Å². The number of hydrogen-bond donors (Lipinski definition) is 3. The number of nitrogens with zero attached hydrogens (tertiary/aromatic N) is 1. The highest BCUT2D eigenvalue weighted by Gasteiger charge is 2.22. The minimum Gasteiger partial charge on any atom is -0.352 e. The average molecular weight is 248 g/mol. The van der Waals surface area contributed by atoms with Crippen LogP contribution in [0.5, 0.6) is 0 Å². The number of hydrogen-bond acceptors (Lipinski definition) is 4. The summed E-state index contributed by atoms with van der Waals surface area (Å²) in [6, 6.07) is 3.52. The highest BCUT2D eigenvalue weighted by Crippen LogP contribution is 2.27. The number of aryl methyl sites for hydroxylation is 1. The van der Waals surface area contributed by atoms with E-state index in [-0.39, 0.29) is 5.91 Å². The molecule has 1 heterocycles. The van der Waals surface area contributed by atoms with E-state index >= 15 is 0 Å². The van der Waals surface area contributed by atoms with Crippen LogP contribution in [0, 0.1) is 5.92 Å². The number of nitrogen functional groups attached to an aromatic ring is 1. The van der Waals surface area contributed by atoms with Crippen LogP contribution in [-0.2, 0) is 6.42 Å². The number of amides is 1. The van der Waals surface area contributed by atoms with Gasteiger partial charge in [-0.1, -0.05) is 13.3 Å². The third-order valence-corrected chi connectivity index (χ3v) is 3.04. The second-order valence-electron chi connectivity index (χ2n) is 4.78. The molecule has 0 aromatic carbocycles. The maximum atomic E-state index is 12.0. The van der Waals surface area contributed by atoms with Gasteiger partial charge in [0.2, 0.25) is 0 Å². The van der Waals surface area contributed by atoms with Gasteiger partial charge in [-0.15, -0.1) is 0 Å². The summed E-state index contributed by atoms with van der Waals surface area (Å²) in [6.07, 6.45) is 4.29. The first-order valence-electron chi connectivity index (χ1n) is 6.48. The molecular formula is C13H20N4O. The Morgan fingerprint density at radius 2 is 2.28 bits per heavy atom. The Morgan fingerprint density at radius 3 is 2.89 bits per heavy atom. The van der Waals surface area contributed by atoms with Gasteiger partial charge >= 0.3 is 0 Å². The van der Waals surface area contributed by atoms with Crippen molar-refractivity contribution in [3.63, 3.8) is 0 Å². The van der Waals surface area contributed by atoms with Crippen molar-refractivity contribution < 1.29 is 4.79 Å². The molecule has 5 nitrogen and oxygen atoms in total. The standard InChI is InChI=1S/C13H20N4O/c1-2-3-11-6-10(7-12(16-11)17-14)13(18)15-8-9-4-5-9/h6-7,9H,2-5,8,14H2,1H3,(H,15,18)(H,16,17). The van der Waals surface area contributed by atoms with Crippen LogP contribution in [0.4, 0.5) is 5.82 Å². The number of nitrogens with two attached hydrogens (primary N) is 1. The highest BCUT2D eigenvalue weighted by molar-refractivity contribution is 5.95. The molecule has 1 aliphatic rings. The third kappa shape index (κ3) is 3.43. The molecule has 1 aromatic heterocycles. The van der Waals surface area contributed by atoms with Crippen molar-refractivity contribution in [2.75, 3.05) is 12.0 Å². The van der Waals surface area contributed by atoms with Gasteiger partial charge < -0.3 is 10.7 Å². The Bertz CT molecular complexity index is 429. The van der Waals surface area contributed by atoms with Crippen LogP contribution >= 0.6 is 0 Å². The number of carbonyl (C=O) groups excluding carboxylic acids is 1. The number of aromatic nitrogens is 1. The first-order valence-corrected chi connectivity index (χ1v) is 6.48. The van der Waals surface area contributed by atoms with E-state index in [1.807, 2.05) is 6.07 Å². The van der Waals surface area contributed by atoms with Gasteiger partial charge in [-0.05, 0) is 37.3 Å². The molecule has 0 bridgehead atoms. The molecule has 1 amide bonds. The van der Waals surface area contributed by atoms with Crippen LogP contribution in [0.25, 0.3) is 0 Å². The summed E-state index contributed by atoms with van der Waals surface area (Å²) in [5.41, 5.74) is 4.03.